The van der Waals surface area contributed by atoms with E-state index in [2.05, 4.69) is 26.3 Å². The van der Waals surface area contributed by atoms with E-state index in [0.717, 1.165) is 22.6 Å². The van der Waals surface area contributed by atoms with Crippen molar-refractivity contribution in [3.8, 4) is 5.69 Å². The molecule has 2 atom stereocenters. The van der Waals surface area contributed by atoms with Crippen molar-refractivity contribution in [3.63, 3.8) is 0 Å². The number of hydrogen-bond donors (Lipinski definition) is 1. The van der Waals surface area contributed by atoms with Crippen molar-refractivity contribution in [1.29, 1.82) is 0 Å². The number of nitrogens with zero attached hydrogens (tertiary/aromatic N) is 4. The smallest absolute Gasteiger partial charge is 0.170 e. The third kappa shape index (κ3) is 3.80. The first-order chi connectivity index (χ1) is 15.2. The highest BCUT2D eigenvalue weighted by Gasteiger charge is 2.41. The van der Waals surface area contributed by atoms with Crippen LogP contribution in [0.1, 0.15) is 29.0 Å². The van der Waals surface area contributed by atoms with Gasteiger partial charge in [-0.25, -0.2) is 4.39 Å². The lowest BCUT2D eigenvalue weighted by atomic mass is 10.0. The van der Waals surface area contributed by atoms with E-state index in [4.69, 9.17) is 12.2 Å². The quantitative estimate of drug-likeness (QED) is 0.471. The lowest BCUT2D eigenvalue weighted by molar-refractivity contribution is 0.302. The lowest BCUT2D eigenvalue weighted by Crippen LogP contribution is -2.30. The maximum atomic E-state index is 14.0. The lowest BCUT2D eigenvalue weighted by Gasteiger charge is -2.29. The topological polar surface area (TPSA) is 46.0 Å². The highest BCUT2D eigenvalue weighted by Crippen LogP contribution is 2.40. The Morgan fingerprint density at radius 3 is 2.71 bits per heavy atom. The number of thiocarbonyl (C=S) groups is 1. The molecule has 0 radical (unpaired) electrons. The monoisotopic (exact) mass is 429 g/mol. The first-order valence-electron chi connectivity index (χ1n) is 10.0. The Morgan fingerprint density at radius 2 is 1.94 bits per heavy atom. The molecule has 5 nitrogen and oxygen atoms in total. The van der Waals surface area contributed by atoms with Gasteiger partial charge in [0.2, 0.25) is 0 Å². The third-order valence-corrected chi connectivity index (χ3v) is 5.80. The Kier molecular flexibility index (Phi) is 5.18. The zero-order valence-corrected chi connectivity index (χ0v) is 17.4. The highest BCUT2D eigenvalue weighted by molar-refractivity contribution is 7.80. The van der Waals surface area contributed by atoms with Crippen LogP contribution in [0.3, 0.4) is 0 Å². The minimum atomic E-state index is -0.272. The van der Waals surface area contributed by atoms with Gasteiger partial charge in [0.05, 0.1) is 17.8 Å². The van der Waals surface area contributed by atoms with E-state index in [0.29, 0.717) is 11.7 Å². The Balaban J connectivity index is 1.61. The van der Waals surface area contributed by atoms with Gasteiger partial charge in [-0.05, 0) is 66.3 Å². The predicted octanol–water partition coefficient (Wildman–Crippen LogP) is 4.58. The number of rotatable bonds is 5. The summed E-state index contributed by atoms with van der Waals surface area (Å²) in [7, 11) is 0. The van der Waals surface area contributed by atoms with E-state index in [1.807, 2.05) is 59.4 Å². The number of aromatic nitrogens is 3. The minimum Gasteiger partial charge on any atom is -0.352 e. The van der Waals surface area contributed by atoms with Crippen LogP contribution in [-0.4, -0.2) is 24.5 Å². The Labute approximate surface area is 185 Å². The molecule has 4 heterocycles. The first-order valence-corrected chi connectivity index (χ1v) is 10.4. The molecule has 1 aromatic carbocycles. The SMILES string of the molecule is Fc1cccc(-n2cccc2[C@@H]2[C@H](c3ccccn3)NC(=S)N2Cc2cccnc2)c1. The average molecular weight is 430 g/mol. The van der Waals surface area contributed by atoms with Gasteiger partial charge >= 0.3 is 0 Å². The van der Waals surface area contributed by atoms with Crippen LogP contribution in [0.25, 0.3) is 5.69 Å². The second-order valence-electron chi connectivity index (χ2n) is 7.40. The maximum absolute atomic E-state index is 14.0. The van der Waals surface area contributed by atoms with Crippen LogP contribution in [0.15, 0.2) is 91.5 Å². The molecule has 31 heavy (non-hydrogen) atoms. The molecule has 7 heteroatoms. The molecule has 0 spiro atoms. The van der Waals surface area contributed by atoms with Crippen molar-refractivity contribution in [2.45, 2.75) is 18.6 Å². The van der Waals surface area contributed by atoms with Crippen LogP contribution in [0.2, 0.25) is 0 Å². The van der Waals surface area contributed by atoms with E-state index in [1.54, 1.807) is 18.5 Å². The molecule has 0 aliphatic carbocycles. The van der Waals surface area contributed by atoms with Gasteiger partial charge < -0.3 is 14.8 Å². The van der Waals surface area contributed by atoms with Crippen molar-refractivity contribution in [3.05, 3.63) is 114 Å². The van der Waals surface area contributed by atoms with Gasteiger partial charge in [0.15, 0.2) is 5.11 Å². The summed E-state index contributed by atoms with van der Waals surface area (Å²) in [4.78, 5) is 11.0. The molecular weight excluding hydrogens is 409 g/mol. The fraction of sp³-hybridized carbons (Fsp3) is 0.125. The molecule has 0 bridgehead atoms. The number of halogens is 1. The van der Waals surface area contributed by atoms with Crippen molar-refractivity contribution in [2.75, 3.05) is 0 Å². The van der Waals surface area contributed by atoms with Gasteiger partial charge in [0.1, 0.15) is 5.82 Å². The number of nitrogens with one attached hydrogen (secondary N) is 1. The number of pyridine rings is 2. The van der Waals surface area contributed by atoms with Crippen molar-refractivity contribution < 1.29 is 4.39 Å². The van der Waals surface area contributed by atoms with Gasteiger partial charge in [0, 0.05) is 42.7 Å². The summed E-state index contributed by atoms with van der Waals surface area (Å²) in [5.41, 5.74) is 3.72. The van der Waals surface area contributed by atoms with Crippen LogP contribution in [0, 0.1) is 5.82 Å². The molecule has 0 amide bonds. The number of hydrogen-bond acceptors (Lipinski definition) is 3. The van der Waals surface area contributed by atoms with Crippen LogP contribution in [0.4, 0.5) is 4.39 Å². The standard InChI is InChI=1S/C24H20FN5S/c25-18-7-3-8-19(14-18)29-13-5-10-21(29)23-22(20-9-1-2-12-27-20)28-24(31)30(23)16-17-6-4-11-26-15-17/h1-15,22-23H,16H2,(H,28,31)/t22-,23+/m0/s1. The van der Waals surface area contributed by atoms with Gasteiger partial charge in [-0.1, -0.05) is 18.2 Å². The summed E-state index contributed by atoms with van der Waals surface area (Å²) >= 11 is 5.75. The summed E-state index contributed by atoms with van der Waals surface area (Å²) in [6, 6.07) is 20.2. The van der Waals surface area contributed by atoms with Crippen molar-refractivity contribution in [2.24, 2.45) is 0 Å². The number of benzene rings is 1. The molecule has 1 aliphatic rings. The second-order valence-corrected chi connectivity index (χ2v) is 7.79. The zero-order chi connectivity index (χ0) is 21.2. The van der Waals surface area contributed by atoms with Crippen LogP contribution < -0.4 is 5.32 Å². The van der Waals surface area contributed by atoms with Gasteiger partial charge in [-0.15, -0.1) is 0 Å². The fourth-order valence-electron chi connectivity index (χ4n) is 4.08. The molecule has 3 aromatic heterocycles. The molecule has 1 aliphatic heterocycles. The summed E-state index contributed by atoms with van der Waals surface area (Å²) in [6.07, 6.45) is 7.34. The van der Waals surface area contributed by atoms with Gasteiger partial charge in [-0.2, -0.15) is 0 Å². The molecule has 1 fully saturated rings. The van der Waals surface area contributed by atoms with Crippen molar-refractivity contribution in [1.82, 2.24) is 24.8 Å². The first kappa shape index (κ1) is 19.4. The second kappa shape index (κ2) is 8.28. The Bertz CT molecular complexity index is 1190. The fourth-order valence-corrected chi connectivity index (χ4v) is 4.39. The highest BCUT2D eigenvalue weighted by atomic mass is 32.1. The molecule has 4 aromatic rings. The third-order valence-electron chi connectivity index (χ3n) is 5.44. The molecule has 1 N–H and O–H groups in total. The molecule has 5 rings (SSSR count). The molecule has 1 saturated heterocycles. The minimum absolute atomic E-state index is 0.138. The van der Waals surface area contributed by atoms with Crippen molar-refractivity contribution >= 4 is 17.3 Å². The van der Waals surface area contributed by atoms with E-state index in [-0.39, 0.29) is 17.9 Å². The van der Waals surface area contributed by atoms with E-state index < -0.39 is 0 Å². The largest absolute Gasteiger partial charge is 0.352 e. The normalized spacial score (nSPS) is 18.2. The summed E-state index contributed by atoms with van der Waals surface area (Å²) in [6.45, 7) is 0.599. The van der Waals surface area contributed by atoms with Crippen LogP contribution in [-0.2, 0) is 6.54 Å². The Morgan fingerprint density at radius 1 is 1.00 bits per heavy atom. The molecule has 0 unspecified atom stereocenters. The summed E-state index contributed by atoms with van der Waals surface area (Å²) in [5.74, 6) is -0.272. The Hall–Kier alpha value is -3.58. The zero-order valence-electron chi connectivity index (χ0n) is 16.6. The molecule has 0 saturated carbocycles. The maximum Gasteiger partial charge on any atom is 0.170 e. The van der Waals surface area contributed by atoms with Crippen LogP contribution >= 0.6 is 12.2 Å². The van der Waals surface area contributed by atoms with E-state index in [1.165, 1.54) is 12.1 Å². The van der Waals surface area contributed by atoms with Gasteiger partial charge in [0.25, 0.3) is 0 Å². The molecule has 154 valence electrons. The average Bonchev–Trinajstić information content (AvgIpc) is 3.40. The summed E-state index contributed by atoms with van der Waals surface area (Å²) < 4.78 is 16.0. The van der Waals surface area contributed by atoms with Crippen LogP contribution in [0.5, 0.6) is 0 Å². The summed E-state index contributed by atoms with van der Waals surface area (Å²) in [5, 5.41) is 4.11. The van der Waals surface area contributed by atoms with E-state index >= 15 is 0 Å². The molecular formula is C24H20FN5S. The van der Waals surface area contributed by atoms with E-state index in [9.17, 15) is 4.39 Å². The van der Waals surface area contributed by atoms with Gasteiger partial charge in [-0.3, -0.25) is 9.97 Å². The predicted molar refractivity (Wildman–Crippen MR) is 121 cm³/mol.